The molecule has 3 unspecified atom stereocenters. The van der Waals surface area contributed by atoms with Crippen molar-refractivity contribution in [1.82, 2.24) is 0 Å². The summed E-state index contributed by atoms with van der Waals surface area (Å²) in [7, 11) is 0. The van der Waals surface area contributed by atoms with Crippen LogP contribution in [0.25, 0.3) is 0 Å². The Balaban J connectivity index is 2.09. The third-order valence-corrected chi connectivity index (χ3v) is 3.34. The van der Waals surface area contributed by atoms with Gasteiger partial charge in [-0.3, -0.25) is 0 Å². The van der Waals surface area contributed by atoms with Crippen LogP contribution in [-0.2, 0) is 4.74 Å². The van der Waals surface area contributed by atoms with E-state index in [4.69, 9.17) is 15.7 Å². The van der Waals surface area contributed by atoms with Crippen LogP contribution in [0, 0.1) is 17.2 Å². The molecule has 0 aromatic rings. The standard InChI is InChI=1S/C13H24N2O/c1-11-5-3-6-12(9-11)16-8-4-7-13(2,15)10-14/h11-12H,3-9,15H2,1-2H3. The van der Waals surface area contributed by atoms with Crippen molar-refractivity contribution in [1.29, 1.82) is 5.26 Å². The highest BCUT2D eigenvalue weighted by atomic mass is 16.5. The predicted molar refractivity (Wildman–Crippen MR) is 64.8 cm³/mol. The SMILES string of the molecule is CC1CCCC(OCCCC(C)(N)C#N)C1. The molecule has 16 heavy (non-hydrogen) atoms. The van der Waals surface area contributed by atoms with E-state index in [-0.39, 0.29) is 0 Å². The lowest BCUT2D eigenvalue weighted by Crippen LogP contribution is -2.34. The van der Waals surface area contributed by atoms with Crippen molar-refractivity contribution >= 4 is 0 Å². The molecule has 2 N–H and O–H groups in total. The normalized spacial score (nSPS) is 29.4. The third kappa shape index (κ3) is 4.96. The van der Waals surface area contributed by atoms with Crippen molar-refractivity contribution in [3.63, 3.8) is 0 Å². The highest BCUT2D eigenvalue weighted by Gasteiger charge is 2.20. The second kappa shape index (κ2) is 6.22. The lowest BCUT2D eigenvalue weighted by atomic mass is 9.89. The van der Waals surface area contributed by atoms with Gasteiger partial charge in [-0.25, -0.2) is 0 Å². The van der Waals surface area contributed by atoms with Crippen molar-refractivity contribution in [2.45, 2.75) is 64.0 Å². The Morgan fingerprint density at radius 3 is 2.88 bits per heavy atom. The minimum atomic E-state index is -0.691. The Labute approximate surface area is 99.0 Å². The molecular weight excluding hydrogens is 200 g/mol. The molecular formula is C13H24N2O. The molecule has 3 atom stereocenters. The Bertz CT molecular complexity index is 245. The van der Waals surface area contributed by atoms with Crippen molar-refractivity contribution in [2.75, 3.05) is 6.61 Å². The van der Waals surface area contributed by atoms with E-state index >= 15 is 0 Å². The Kier molecular flexibility index (Phi) is 5.24. The average Bonchev–Trinajstić information content (AvgIpc) is 2.25. The molecule has 0 radical (unpaired) electrons. The molecule has 0 saturated heterocycles. The summed E-state index contributed by atoms with van der Waals surface area (Å²) < 4.78 is 5.83. The van der Waals surface area contributed by atoms with Crippen LogP contribution in [0.5, 0.6) is 0 Å². The van der Waals surface area contributed by atoms with Gasteiger partial charge in [-0.2, -0.15) is 5.26 Å². The minimum absolute atomic E-state index is 0.440. The Hall–Kier alpha value is -0.590. The minimum Gasteiger partial charge on any atom is -0.378 e. The van der Waals surface area contributed by atoms with Crippen molar-refractivity contribution in [3.05, 3.63) is 0 Å². The monoisotopic (exact) mass is 224 g/mol. The molecule has 3 heteroatoms. The molecule has 0 amide bonds. The van der Waals surface area contributed by atoms with E-state index in [1.54, 1.807) is 6.92 Å². The lowest BCUT2D eigenvalue weighted by molar-refractivity contribution is 0.0128. The average molecular weight is 224 g/mol. The quantitative estimate of drug-likeness (QED) is 0.730. The van der Waals surface area contributed by atoms with Gasteiger partial charge in [-0.1, -0.05) is 19.8 Å². The smallest absolute Gasteiger partial charge is 0.101 e. The van der Waals surface area contributed by atoms with Gasteiger partial charge in [-0.15, -0.1) is 0 Å². The Morgan fingerprint density at radius 1 is 1.50 bits per heavy atom. The molecule has 0 bridgehead atoms. The van der Waals surface area contributed by atoms with Crippen LogP contribution in [-0.4, -0.2) is 18.2 Å². The van der Waals surface area contributed by atoms with Crippen molar-refractivity contribution in [3.8, 4) is 6.07 Å². The van der Waals surface area contributed by atoms with Gasteiger partial charge in [-0.05, 0) is 38.5 Å². The first-order chi connectivity index (χ1) is 7.53. The van der Waals surface area contributed by atoms with E-state index in [1.807, 2.05) is 0 Å². The van der Waals surface area contributed by atoms with E-state index in [9.17, 15) is 0 Å². The maximum Gasteiger partial charge on any atom is 0.101 e. The third-order valence-electron chi connectivity index (χ3n) is 3.34. The van der Waals surface area contributed by atoms with Gasteiger partial charge in [0.2, 0.25) is 0 Å². The summed E-state index contributed by atoms with van der Waals surface area (Å²) in [4.78, 5) is 0. The first-order valence-electron chi connectivity index (χ1n) is 6.35. The molecule has 1 saturated carbocycles. The maximum atomic E-state index is 8.76. The fourth-order valence-electron chi connectivity index (χ4n) is 2.28. The predicted octanol–water partition coefficient (Wildman–Crippen LogP) is 2.60. The Morgan fingerprint density at radius 2 is 2.25 bits per heavy atom. The molecule has 1 rings (SSSR count). The van der Waals surface area contributed by atoms with E-state index in [0.29, 0.717) is 12.5 Å². The van der Waals surface area contributed by atoms with Gasteiger partial charge >= 0.3 is 0 Å². The number of nitrogens with two attached hydrogens (primary N) is 1. The van der Waals surface area contributed by atoms with Crippen molar-refractivity contribution in [2.24, 2.45) is 11.7 Å². The highest BCUT2D eigenvalue weighted by molar-refractivity contribution is 5.00. The highest BCUT2D eigenvalue weighted by Crippen LogP contribution is 2.25. The van der Waals surface area contributed by atoms with Crippen LogP contribution in [0.4, 0.5) is 0 Å². The zero-order chi connectivity index (χ0) is 12.0. The number of nitriles is 1. The summed E-state index contributed by atoms with van der Waals surface area (Å²) in [5.74, 6) is 0.803. The number of hydrogen-bond acceptors (Lipinski definition) is 3. The van der Waals surface area contributed by atoms with Crippen LogP contribution in [0.15, 0.2) is 0 Å². The van der Waals surface area contributed by atoms with E-state index in [0.717, 1.165) is 18.9 Å². The topological polar surface area (TPSA) is 59.0 Å². The zero-order valence-electron chi connectivity index (χ0n) is 10.5. The second-order valence-electron chi connectivity index (χ2n) is 5.40. The number of rotatable bonds is 5. The van der Waals surface area contributed by atoms with E-state index in [1.165, 1.54) is 25.7 Å². The first-order valence-corrected chi connectivity index (χ1v) is 6.35. The van der Waals surface area contributed by atoms with Gasteiger partial charge in [0.15, 0.2) is 0 Å². The van der Waals surface area contributed by atoms with Crippen LogP contribution < -0.4 is 5.73 Å². The molecule has 1 fully saturated rings. The van der Waals surface area contributed by atoms with Gasteiger partial charge in [0.05, 0.1) is 12.2 Å². The number of ether oxygens (including phenoxy) is 1. The van der Waals surface area contributed by atoms with Crippen molar-refractivity contribution < 1.29 is 4.74 Å². The summed E-state index contributed by atoms with van der Waals surface area (Å²) >= 11 is 0. The van der Waals surface area contributed by atoms with Gasteiger partial charge < -0.3 is 10.5 Å². The van der Waals surface area contributed by atoms with Gasteiger partial charge in [0.1, 0.15) is 5.54 Å². The largest absolute Gasteiger partial charge is 0.378 e. The fraction of sp³-hybridized carbons (Fsp3) is 0.923. The molecule has 92 valence electrons. The summed E-state index contributed by atoms with van der Waals surface area (Å²) in [5.41, 5.74) is 5.05. The van der Waals surface area contributed by atoms with E-state index in [2.05, 4.69) is 13.0 Å². The van der Waals surface area contributed by atoms with Gasteiger partial charge in [0.25, 0.3) is 0 Å². The zero-order valence-corrected chi connectivity index (χ0v) is 10.5. The summed E-state index contributed by atoms with van der Waals surface area (Å²) in [6.07, 6.45) is 7.06. The summed E-state index contributed by atoms with van der Waals surface area (Å²) in [6, 6.07) is 2.11. The lowest BCUT2D eigenvalue weighted by Gasteiger charge is -2.27. The molecule has 1 aliphatic carbocycles. The number of hydrogen-bond donors (Lipinski definition) is 1. The molecule has 0 aromatic heterocycles. The molecule has 0 aliphatic heterocycles. The second-order valence-corrected chi connectivity index (χ2v) is 5.40. The van der Waals surface area contributed by atoms with Crippen LogP contribution in [0.3, 0.4) is 0 Å². The van der Waals surface area contributed by atoms with E-state index < -0.39 is 5.54 Å². The summed E-state index contributed by atoms with van der Waals surface area (Å²) in [6.45, 7) is 4.81. The summed E-state index contributed by atoms with van der Waals surface area (Å²) in [5, 5.41) is 8.76. The van der Waals surface area contributed by atoms with Crippen LogP contribution in [0.1, 0.15) is 52.4 Å². The molecule has 0 spiro atoms. The number of nitrogens with zero attached hydrogens (tertiary/aromatic N) is 1. The molecule has 1 aliphatic rings. The van der Waals surface area contributed by atoms with Crippen LogP contribution in [0.2, 0.25) is 0 Å². The fourth-order valence-corrected chi connectivity index (χ4v) is 2.28. The van der Waals surface area contributed by atoms with Gasteiger partial charge in [0, 0.05) is 6.61 Å². The van der Waals surface area contributed by atoms with Crippen LogP contribution >= 0.6 is 0 Å². The first kappa shape index (κ1) is 13.5. The molecule has 0 aromatic carbocycles. The molecule has 3 nitrogen and oxygen atoms in total. The maximum absolute atomic E-state index is 8.76. The molecule has 0 heterocycles.